The maximum atomic E-state index is 12.9. The van der Waals surface area contributed by atoms with Crippen molar-refractivity contribution in [3.05, 3.63) is 108 Å². The number of nitrogens with zero attached hydrogens (tertiary/aromatic N) is 1. The molecule has 4 aromatic rings. The third kappa shape index (κ3) is 23.6. The third-order valence-electron chi connectivity index (χ3n) is 13.4. The number of esters is 2. The summed E-state index contributed by atoms with van der Waals surface area (Å²) in [5, 5.41) is 8.27. The van der Waals surface area contributed by atoms with Crippen LogP contribution in [0.15, 0.2) is 91.0 Å². The maximum Gasteiger partial charge on any atom is 0.472 e. The highest BCUT2D eigenvalue weighted by atomic mass is 31.2. The number of phosphoric ester groups is 1. The number of carbonyl (C=O) groups is 4. The molecule has 406 valence electrons. The monoisotopic (exact) mass is 1040 g/mol. The number of ether oxygens (including phenoxy) is 3. The number of unbranched alkanes of at least 4 members (excludes halogenated alkanes) is 16. The van der Waals surface area contributed by atoms with Gasteiger partial charge in [0.05, 0.1) is 34.2 Å². The van der Waals surface area contributed by atoms with Crippen molar-refractivity contribution >= 4 is 42.5 Å². The van der Waals surface area contributed by atoms with E-state index in [1.165, 1.54) is 27.6 Å². The number of alkyl carbamates (subject to hydrolysis) is 1. The molecule has 0 radical (unpaired) electrons. The molecule has 0 saturated heterocycles. The van der Waals surface area contributed by atoms with Gasteiger partial charge < -0.3 is 34.2 Å². The molecule has 5 rings (SSSR count). The predicted molar refractivity (Wildman–Crippen MR) is 292 cm³/mol. The number of phosphoric acid groups is 1. The Morgan fingerprint density at radius 3 is 1.69 bits per heavy atom. The quantitative estimate of drug-likeness (QED) is 0.0128. The lowest BCUT2D eigenvalue weighted by molar-refractivity contribution is -0.870. The van der Waals surface area contributed by atoms with Crippen LogP contribution >= 0.6 is 7.82 Å². The Labute approximate surface area is 440 Å². The van der Waals surface area contributed by atoms with Gasteiger partial charge in [0.2, 0.25) is 5.91 Å². The van der Waals surface area contributed by atoms with E-state index in [1.54, 1.807) is 0 Å². The molecule has 0 bridgehead atoms. The summed E-state index contributed by atoms with van der Waals surface area (Å²) in [7, 11) is 1.36. The molecule has 15 heteroatoms. The minimum Gasteiger partial charge on any atom is -0.462 e. The standard InChI is InChI=1S/C59H84N3O11P/c1-62(2,3)40-41-71-74(67,68)72-45-50(44-69-57(64)34-18-14-10-6-4-8-12-16-26-38-60-56(63)43-47-36-37-48-28-20-21-29-49(48)42-47)73-58(65)35-19-15-11-7-5-9-13-17-27-39-61-59(66)70-46-55-53-32-24-22-30-51(53)52-31-23-25-33-54(52)55/h20-25,28-33,36-37,42,50,55H,4-19,26-27,34-35,38-41,43-46H2,1-3H3,(H2-,60,61,63,66,67,68)/p+1/t50-/m0/s1. The van der Waals surface area contributed by atoms with E-state index in [0.29, 0.717) is 50.0 Å². The second-order valence-corrected chi connectivity index (χ2v) is 22.2. The number of benzene rings is 4. The van der Waals surface area contributed by atoms with Gasteiger partial charge in [0, 0.05) is 31.8 Å². The van der Waals surface area contributed by atoms with Crippen LogP contribution in [0.2, 0.25) is 0 Å². The maximum absolute atomic E-state index is 12.9. The molecule has 2 amide bonds. The van der Waals surface area contributed by atoms with Crippen LogP contribution in [-0.2, 0) is 48.6 Å². The van der Waals surface area contributed by atoms with Crippen LogP contribution in [0.1, 0.15) is 151 Å². The van der Waals surface area contributed by atoms with E-state index in [2.05, 4.69) is 59.2 Å². The summed E-state index contributed by atoms with van der Waals surface area (Å²) < 4.78 is 40.2. The van der Waals surface area contributed by atoms with Crippen LogP contribution in [-0.4, -0.2) is 107 Å². The molecule has 2 atom stereocenters. The number of amides is 2. The second-order valence-electron chi connectivity index (χ2n) is 20.7. The molecule has 0 saturated carbocycles. The predicted octanol–water partition coefficient (Wildman–Crippen LogP) is 12.1. The molecule has 1 unspecified atom stereocenters. The summed E-state index contributed by atoms with van der Waals surface area (Å²) in [5.74, 6) is -0.815. The van der Waals surface area contributed by atoms with Crippen molar-refractivity contribution in [3.63, 3.8) is 0 Å². The van der Waals surface area contributed by atoms with Gasteiger partial charge in [0.15, 0.2) is 6.10 Å². The molecule has 3 N–H and O–H groups in total. The van der Waals surface area contributed by atoms with Gasteiger partial charge in [-0.2, -0.15) is 0 Å². The zero-order valence-corrected chi connectivity index (χ0v) is 45.4. The highest BCUT2D eigenvalue weighted by Gasteiger charge is 2.30. The van der Waals surface area contributed by atoms with Gasteiger partial charge in [-0.15, -0.1) is 0 Å². The lowest BCUT2D eigenvalue weighted by atomic mass is 9.98. The van der Waals surface area contributed by atoms with Crippen LogP contribution < -0.4 is 10.6 Å². The van der Waals surface area contributed by atoms with Crippen LogP contribution in [0.4, 0.5) is 4.79 Å². The van der Waals surface area contributed by atoms with Gasteiger partial charge in [0.25, 0.3) is 0 Å². The van der Waals surface area contributed by atoms with Crippen molar-refractivity contribution in [2.45, 2.75) is 147 Å². The highest BCUT2D eigenvalue weighted by molar-refractivity contribution is 7.47. The first-order valence-corrected chi connectivity index (χ1v) is 28.9. The largest absolute Gasteiger partial charge is 0.472 e. The number of quaternary nitrogens is 1. The summed E-state index contributed by atoms with van der Waals surface area (Å²) in [6.07, 6.45) is 17.1. The Morgan fingerprint density at radius 2 is 1.09 bits per heavy atom. The number of likely N-dealkylation sites (N-methyl/N-ethyl adjacent to an activating group) is 1. The van der Waals surface area contributed by atoms with Crippen molar-refractivity contribution < 1.29 is 56.4 Å². The molecule has 0 aliphatic heterocycles. The number of fused-ring (bicyclic) bond motifs is 4. The van der Waals surface area contributed by atoms with E-state index < -0.39 is 32.5 Å². The number of hydrogen-bond acceptors (Lipinski definition) is 10. The third-order valence-corrected chi connectivity index (χ3v) is 14.4. The fourth-order valence-electron chi connectivity index (χ4n) is 9.19. The summed E-state index contributed by atoms with van der Waals surface area (Å²) >= 11 is 0. The number of hydrogen-bond donors (Lipinski definition) is 3. The zero-order valence-electron chi connectivity index (χ0n) is 44.5. The van der Waals surface area contributed by atoms with Crippen LogP contribution in [0, 0.1) is 0 Å². The van der Waals surface area contributed by atoms with Crippen LogP contribution in [0.5, 0.6) is 0 Å². The molecule has 1 aliphatic carbocycles. The Balaban J connectivity index is 0.852. The second kappa shape index (κ2) is 33.0. The molecule has 74 heavy (non-hydrogen) atoms. The molecule has 0 fully saturated rings. The molecule has 0 heterocycles. The van der Waals surface area contributed by atoms with E-state index in [4.69, 9.17) is 23.3 Å². The Kier molecular flexibility index (Phi) is 26.7. The molecule has 1 aliphatic rings. The number of nitrogens with one attached hydrogen (secondary N) is 2. The Morgan fingerprint density at radius 1 is 0.581 bits per heavy atom. The smallest absolute Gasteiger partial charge is 0.462 e. The minimum absolute atomic E-state index is 0.00487. The van der Waals surface area contributed by atoms with Crippen molar-refractivity contribution in [1.82, 2.24) is 10.6 Å². The summed E-state index contributed by atoms with van der Waals surface area (Å²) in [4.78, 5) is 60.7. The summed E-state index contributed by atoms with van der Waals surface area (Å²) in [6.45, 7) is 1.30. The van der Waals surface area contributed by atoms with Gasteiger partial charge >= 0.3 is 25.9 Å². The SMILES string of the molecule is C[N+](C)(C)CCOP(=O)(O)OC[C@H](COC(=O)CCCCCCCCCCCNC(=O)Cc1ccc2ccccc2c1)OC(=O)CCCCCCCCCCCNC(=O)OCC1c2ccccc2-c2ccccc21. The Bertz CT molecular complexity index is 2330. The lowest BCUT2D eigenvalue weighted by Crippen LogP contribution is -2.37. The minimum atomic E-state index is -4.44. The number of rotatable bonds is 38. The van der Waals surface area contributed by atoms with E-state index in [-0.39, 0.29) is 44.0 Å². The van der Waals surface area contributed by atoms with Crippen LogP contribution in [0.3, 0.4) is 0 Å². The normalized spacial score (nSPS) is 13.4. The first kappa shape index (κ1) is 59.8. The number of carbonyl (C=O) groups excluding carboxylic acids is 4. The first-order chi connectivity index (χ1) is 35.8. The Hall–Kier alpha value is -5.11. The van der Waals surface area contributed by atoms with E-state index in [0.717, 1.165) is 114 Å². The van der Waals surface area contributed by atoms with Crippen molar-refractivity contribution in [2.75, 3.05) is 67.2 Å². The first-order valence-electron chi connectivity index (χ1n) is 27.4. The zero-order chi connectivity index (χ0) is 52.9. The van der Waals surface area contributed by atoms with Gasteiger partial charge in [-0.05, 0) is 64.3 Å². The highest BCUT2D eigenvalue weighted by Crippen LogP contribution is 2.45. The molecular weight excluding hydrogens is 958 g/mol. The fraction of sp³-hybridized carbons (Fsp3) is 0.559. The van der Waals surface area contributed by atoms with E-state index in [9.17, 15) is 28.6 Å². The van der Waals surface area contributed by atoms with Crippen molar-refractivity contribution in [1.29, 1.82) is 0 Å². The molecule has 0 aromatic heterocycles. The van der Waals surface area contributed by atoms with Gasteiger partial charge in [-0.25, -0.2) is 9.36 Å². The molecule has 0 spiro atoms. The van der Waals surface area contributed by atoms with E-state index in [1.807, 2.05) is 63.6 Å². The van der Waals surface area contributed by atoms with Gasteiger partial charge in [-0.3, -0.25) is 23.4 Å². The lowest BCUT2D eigenvalue weighted by Gasteiger charge is -2.24. The summed E-state index contributed by atoms with van der Waals surface area (Å²) in [6, 6.07) is 30.9. The average molecular weight is 1040 g/mol. The topological polar surface area (TPSA) is 176 Å². The van der Waals surface area contributed by atoms with Crippen molar-refractivity contribution in [3.8, 4) is 11.1 Å². The fourth-order valence-corrected chi connectivity index (χ4v) is 9.93. The van der Waals surface area contributed by atoms with Crippen molar-refractivity contribution in [2.24, 2.45) is 0 Å². The molecule has 4 aromatic carbocycles. The van der Waals surface area contributed by atoms with Crippen LogP contribution in [0.25, 0.3) is 21.9 Å². The average Bonchev–Trinajstić information content (AvgIpc) is 3.70. The van der Waals surface area contributed by atoms with Gasteiger partial charge in [0.1, 0.15) is 26.4 Å². The van der Waals surface area contributed by atoms with E-state index >= 15 is 0 Å². The molecular formula is C59H85N3O11P+. The van der Waals surface area contributed by atoms with Gasteiger partial charge in [-0.1, -0.05) is 181 Å². The molecule has 14 nitrogen and oxygen atoms in total. The summed E-state index contributed by atoms with van der Waals surface area (Å²) in [5.41, 5.74) is 5.82.